The molecule has 2 aliphatic rings. The molecule has 1 atom stereocenters. The van der Waals surface area contributed by atoms with E-state index in [0.29, 0.717) is 35.7 Å². The number of hydrogen-bond donors (Lipinski definition) is 0. The Labute approximate surface area is 203 Å². The summed E-state index contributed by atoms with van der Waals surface area (Å²) in [4.78, 5) is 15.3. The van der Waals surface area contributed by atoms with E-state index in [1.165, 1.54) is 6.42 Å². The third-order valence-electron chi connectivity index (χ3n) is 6.94. The Hall–Kier alpha value is -3.94. The lowest BCUT2D eigenvalue weighted by atomic mass is 9.99. The first kappa shape index (κ1) is 21.6. The van der Waals surface area contributed by atoms with E-state index in [1.54, 1.807) is 6.92 Å². The van der Waals surface area contributed by atoms with Crippen molar-refractivity contribution in [3.63, 3.8) is 0 Å². The fourth-order valence-corrected chi connectivity index (χ4v) is 5.16. The van der Waals surface area contributed by atoms with Crippen LogP contribution in [-0.4, -0.2) is 43.4 Å². The molecule has 1 amide bonds. The van der Waals surface area contributed by atoms with Gasteiger partial charge in [0.25, 0.3) is 11.8 Å². The van der Waals surface area contributed by atoms with E-state index < -0.39 is 0 Å². The second-order valence-electron chi connectivity index (χ2n) is 9.10. The van der Waals surface area contributed by atoms with Crippen LogP contribution in [0.3, 0.4) is 0 Å². The second-order valence-corrected chi connectivity index (χ2v) is 9.10. The number of ether oxygens (including phenoxy) is 1. The van der Waals surface area contributed by atoms with Gasteiger partial charge in [-0.1, -0.05) is 19.1 Å². The van der Waals surface area contributed by atoms with Gasteiger partial charge < -0.3 is 14.1 Å². The zero-order valence-corrected chi connectivity index (χ0v) is 19.9. The van der Waals surface area contributed by atoms with Gasteiger partial charge in [-0.15, -0.1) is 10.2 Å². The number of amides is 1. The highest BCUT2D eigenvalue weighted by Crippen LogP contribution is 2.42. The molecule has 178 valence electrons. The molecule has 0 spiro atoms. The van der Waals surface area contributed by atoms with Gasteiger partial charge >= 0.3 is 0 Å². The van der Waals surface area contributed by atoms with Gasteiger partial charge in [0.05, 0.1) is 11.4 Å². The Morgan fingerprint density at radius 3 is 2.69 bits per heavy atom. The third kappa shape index (κ3) is 3.69. The van der Waals surface area contributed by atoms with Crippen LogP contribution in [0.2, 0.25) is 0 Å². The number of benzene rings is 2. The van der Waals surface area contributed by atoms with Crippen LogP contribution >= 0.6 is 0 Å². The summed E-state index contributed by atoms with van der Waals surface area (Å²) in [6.45, 7) is 5.10. The second kappa shape index (κ2) is 8.69. The number of rotatable bonds is 4. The molecule has 4 heterocycles. The topological polar surface area (TPSA) is 86.3 Å². The average molecular weight is 470 g/mol. The molecule has 2 aliphatic heterocycles. The van der Waals surface area contributed by atoms with E-state index in [-0.39, 0.29) is 5.91 Å². The highest BCUT2D eigenvalue weighted by Gasteiger charge is 2.30. The summed E-state index contributed by atoms with van der Waals surface area (Å²) in [6.07, 6.45) is 4.33. The molecule has 35 heavy (non-hydrogen) atoms. The van der Waals surface area contributed by atoms with Gasteiger partial charge in [0, 0.05) is 36.2 Å². The fraction of sp³-hybridized carbons (Fsp3) is 0.333. The minimum Gasteiger partial charge on any atom is -0.488 e. The van der Waals surface area contributed by atoms with Gasteiger partial charge in [0.15, 0.2) is 5.69 Å². The molecule has 1 saturated heterocycles. The number of likely N-dealkylation sites (tertiary alicyclic amines) is 1. The van der Waals surface area contributed by atoms with Crippen molar-refractivity contribution in [2.75, 3.05) is 6.54 Å². The van der Waals surface area contributed by atoms with Crippen molar-refractivity contribution >= 4 is 5.91 Å². The number of aromatic nitrogens is 4. The summed E-state index contributed by atoms with van der Waals surface area (Å²) in [5.74, 6) is 1.75. The van der Waals surface area contributed by atoms with Crippen molar-refractivity contribution in [1.82, 2.24) is 24.9 Å². The molecule has 0 aliphatic carbocycles. The number of nitrogens with zero attached hydrogens (tertiary/aromatic N) is 5. The lowest BCUT2D eigenvalue weighted by Gasteiger charge is -2.35. The van der Waals surface area contributed by atoms with Crippen molar-refractivity contribution < 1.29 is 13.9 Å². The SMILES string of the molecule is CCC1CCCCN1C(=O)c1ccc(-n2nc(-c3nnc(C)o3)c3c2-c2ccccc2OC3)cc1. The Balaban J connectivity index is 1.41. The van der Waals surface area contributed by atoms with Gasteiger partial charge in [-0.05, 0) is 62.1 Å². The van der Waals surface area contributed by atoms with Gasteiger partial charge in [0.2, 0.25) is 5.89 Å². The van der Waals surface area contributed by atoms with Crippen LogP contribution in [0.1, 0.15) is 54.4 Å². The Kier molecular flexibility index (Phi) is 5.36. The van der Waals surface area contributed by atoms with Crippen LogP contribution in [0, 0.1) is 6.92 Å². The molecule has 0 N–H and O–H groups in total. The molecule has 8 heteroatoms. The van der Waals surface area contributed by atoms with E-state index in [1.807, 2.05) is 58.1 Å². The Bertz CT molecular complexity index is 1390. The molecular formula is C27H27N5O3. The first-order chi connectivity index (χ1) is 17.1. The van der Waals surface area contributed by atoms with E-state index >= 15 is 0 Å². The number of piperidine rings is 1. The van der Waals surface area contributed by atoms with E-state index in [4.69, 9.17) is 14.3 Å². The summed E-state index contributed by atoms with van der Waals surface area (Å²) in [5, 5.41) is 13.1. The number of aryl methyl sites for hydroxylation is 1. The molecular weight excluding hydrogens is 442 g/mol. The van der Waals surface area contributed by atoms with Crippen molar-refractivity contribution in [2.45, 2.75) is 52.2 Å². The van der Waals surface area contributed by atoms with Crippen LogP contribution in [-0.2, 0) is 6.61 Å². The van der Waals surface area contributed by atoms with Gasteiger partial charge in [-0.2, -0.15) is 5.10 Å². The van der Waals surface area contributed by atoms with Gasteiger partial charge in [0.1, 0.15) is 12.4 Å². The normalized spacial score (nSPS) is 17.0. The summed E-state index contributed by atoms with van der Waals surface area (Å²) in [5.41, 5.74) is 4.93. The number of fused-ring (bicyclic) bond motifs is 3. The van der Waals surface area contributed by atoms with Crippen molar-refractivity contribution in [1.29, 1.82) is 0 Å². The summed E-state index contributed by atoms with van der Waals surface area (Å²) in [7, 11) is 0. The minimum absolute atomic E-state index is 0.103. The molecule has 2 aromatic carbocycles. The lowest BCUT2D eigenvalue weighted by Crippen LogP contribution is -2.43. The maximum atomic E-state index is 13.3. The molecule has 4 aromatic rings. The maximum absolute atomic E-state index is 13.3. The lowest BCUT2D eigenvalue weighted by molar-refractivity contribution is 0.0608. The summed E-state index contributed by atoms with van der Waals surface area (Å²) < 4.78 is 13.6. The predicted octanol–water partition coefficient (Wildman–Crippen LogP) is 5.19. The van der Waals surface area contributed by atoms with Crippen molar-refractivity contribution in [3.8, 4) is 34.3 Å². The van der Waals surface area contributed by atoms with E-state index in [2.05, 4.69) is 17.1 Å². The zero-order chi connectivity index (χ0) is 23.9. The molecule has 0 bridgehead atoms. The largest absolute Gasteiger partial charge is 0.488 e. The number of carbonyl (C=O) groups is 1. The number of carbonyl (C=O) groups excluding carboxylic acids is 1. The third-order valence-corrected chi connectivity index (χ3v) is 6.94. The predicted molar refractivity (Wildman–Crippen MR) is 130 cm³/mol. The highest BCUT2D eigenvalue weighted by atomic mass is 16.5. The smallest absolute Gasteiger partial charge is 0.268 e. The highest BCUT2D eigenvalue weighted by molar-refractivity contribution is 5.94. The average Bonchev–Trinajstić information content (AvgIpc) is 3.52. The molecule has 0 saturated carbocycles. The quantitative estimate of drug-likeness (QED) is 0.409. The van der Waals surface area contributed by atoms with Crippen LogP contribution in [0.4, 0.5) is 0 Å². The molecule has 1 fully saturated rings. The van der Waals surface area contributed by atoms with Gasteiger partial charge in [-0.25, -0.2) is 4.68 Å². The molecule has 6 rings (SSSR count). The standard InChI is InChI=1S/C27H27N5O3/c1-3-19-8-6-7-15-31(19)27(33)18-11-13-20(14-12-18)32-25-21-9-4-5-10-23(21)34-16-22(25)24(30-32)26-29-28-17(2)35-26/h4-5,9-14,19H,3,6-8,15-16H2,1-2H3. The van der Waals surface area contributed by atoms with Crippen molar-refractivity contribution in [3.05, 3.63) is 65.5 Å². The molecule has 2 aromatic heterocycles. The zero-order valence-electron chi connectivity index (χ0n) is 19.9. The molecule has 8 nitrogen and oxygen atoms in total. The molecule has 0 radical (unpaired) electrons. The fourth-order valence-electron chi connectivity index (χ4n) is 5.16. The summed E-state index contributed by atoms with van der Waals surface area (Å²) >= 11 is 0. The van der Waals surface area contributed by atoms with Crippen LogP contribution in [0.5, 0.6) is 5.75 Å². The number of para-hydroxylation sites is 1. The Morgan fingerprint density at radius 2 is 1.91 bits per heavy atom. The summed E-state index contributed by atoms with van der Waals surface area (Å²) in [6, 6.07) is 15.9. The first-order valence-electron chi connectivity index (χ1n) is 12.2. The monoisotopic (exact) mass is 469 g/mol. The van der Waals surface area contributed by atoms with Gasteiger partial charge in [-0.3, -0.25) is 4.79 Å². The van der Waals surface area contributed by atoms with Crippen molar-refractivity contribution in [2.24, 2.45) is 0 Å². The molecule has 1 unspecified atom stereocenters. The van der Waals surface area contributed by atoms with Crippen LogP contribution in [0.15, 0.2) is 52.9 Å². The number of hydrogen-bond acceptors (Lipinski definition) is 6. The Morgan fingerprint density at radius 1 is 1.09 bits per heavy atom. The van der Waals surface area contributed by atoms with Crippen LogP contribution < -0.4 is 4.74 Å². The maximum Gasteiger partial charge on any atom is 0.268 e. The van der Waals surface area contributed by atoms with Crippen LogP contribution in [0.25, 0.3) is 28.5 Å². The minimum atomic E-state index is 0.103. The van der Waals surface area contributed by atoms with E-state index in [9.17, 15) is 4.79 Å². The van der Waals surface area contributed by atoms with E-state index in [0.717, 1.165) is 54.1 Å². The first-order valence-corrected chi connectivity index (χ1v) is 12.2.